The van der Waals surface area contributed by atoms with Crippen LogP contribution in [0.2, 0.25) is 0 Å². The van der Waals surface area contributed by atoms with E-state index in [1.165, 1.54) is 6.07 Å². The number of benzene rings is 1. The van der Waals surface area contributed by atoms with Crippen LogP contribution >= 0.6 is 0 Å². The molecule has 6 nitrogen and oxygen atoms in total. The molecule has 1 aromatic carbocycles. The third-order valence-electron chi connectivity index (χ3n) is 6.10. The molecule has 0 radical (unpaired) electrons. The SMILES string of the molecule is Cc1cc2oc(=O)cc(CN3C[C@@H]4C[C@@H](C3)c3cccc(=O)n3C4)c2cc1O. The van der Waals surface area contributed by atoms with Crippen LogP contribution in [0.25, 0.3) is 11.0 Å². The Bertz CT molecular complexity index is 1190. The van der Waals surface area contributed by atoms with Gasteiger partial charge in [-0.25, -0.2) is 4.79 Å². The Labute approximate surface area is 161 Å². The summed E-state index contributed by atoms with van der Waals surface area (Å²) in [6, 6.07) is 10.4. The van der Waals surface area contributed by atoms with E-state index >= 15 is 0 Å². The molecule has 0 saturated carbocycles. The highest BCUT2D eigenvalue weighted by molar-refractivity contribution is 5.82. The lowest BCUT2D eigenvalue weighted by Crippen LogP contribution is -2.46. The van der Waals surface area contributed by atoms with Crippen LogP contribution in [-0.2, 0) is 13.1 Å². The molecule has 2 aromatic heterocycles. The zero-order valence-corrected chi connectivity index (χ0v) is 15.7. The van der Waals surface area contributed by atoms with Gasteiger partial charge in [-0.05, 0) is 48.6 Å². The molecule has 0 aliphatic carbocycles. The number of aromatic hydroxyl groups is 1. The minimum absolute atomic E-state index is 0.0816. The number of fused-ring (bicyclic) bond motifs is 5. The lowest BCUT2D eigenvalue weighted by Gasteiger charge is -2.42. The number of piperidine rings is 1. The Morgan fingerprint density at radius 3 is 2.86 bits per heavy atom. The van der Waals surface area contributed by atoms with Crippen LogP contribution < -0.4 is 11.2 Å². The van der Waals surface area contributed by atoms with Gasteiger partial charge in [0.25, 0.3) is 5.56 Å². The van der Waals surface area contributed by atoms with E-state index in [4.69, 9.17) is 4.42 Å². The Morgan fingerprint density at radius 2 is 2.00 bits per heavy atom. The average Bonchev–Trinajstić information content (AvgIpc) is 2.64. The Balaban J connectivity index is 1.49. The van der Waals surface area contributed by atoms with Crippen LogP contribution in [-0.4, -0.2) is 27.7 Å². The highest BCUT2D eigenvalue weighted by Gasteiger charge is 2.34. The minimum Gasteiger partial charge on any atom is -0.508 e. The highest BCUT2D eigenvalue weighted by Crippen LogP contribution is 2.36. The van der Waals surface area contributed by atoms with Gasteiger partial charge in [-0.3, -0.25) is 9.69 Å². The summed E-state index contributed by atoms with van der Waals surface area (Å²) in [5, 5.41) is 10.9. The number of phenols is 1. The molecular weight excluding hydrogens is 356 g/mol. The van der Waals surface area contributed by atoms with Crippen molar-refractivity contribution in [1.82, 2.24) is 9.47 Å². The molecule has 28 heavy (non-hydrogen) atoms. The fourth-order valence-electron chi connectivity index (χ4n) is 4.86. The van der Waals surface area contributed by atoms with E-state index < -0.39 is 0 Å². The first-order chi connectivity index (χ1) is 13.5. The molecule has 1 saturated heterocycles. The zero-order valence-electron chi connectivity index (χ0n) is 15.7. The number of hydrogen-bond acceptors (Lipinski definition) is 5. The van der Waals surface area contributed by atoms with Crippen molar-refractivity contribution in [1.29, 1.82) is 0 Å². The van der Waals surface area contributed by atoms with E-state index in [0.29, 0.717) is 29.5 Å². The first-order valence-corrected chi connectivity index (χ1v) is 9.66. The number of aryl methyl sites for hydroxylation is 1. The van der Waals surface area contributed by atoms with Crippen LogP contribution in [0.3, 0.4) is 0 Å². The van der Waals surface area contributed by atoms with Gasteiger partial charge in [0.2, 0.25) is 0 Å². The van der Waals surface area contributed by atoms with E-state index in [2.05, 4.69) is 11.0 Å². The summed E-state index contributed by atoms with van der Waals surface area (Å²) in [6.45, 7) is 4.89. The van der Waals surface area contributed by atoms with Crippen molar-refractivity contribution < 1.29 is 9.52 Å². The van der Waals surface area contributed by atoms with Crippen molar-refractivity contribution in [2.75, 3.05) is 13.1 Å². The highest BCUT2D eigenvalue weighted by atomic mass is 16.4. The summed E-state index contributed by atoms with van der Waals surface area (Å²) >= 11 is 0. The van der Waals surface area contributed by atoms with Gasteiger partial charge in [0.05, 0.1) is 0 Å². The molecular formula is C22H22N2O4. The van der Waals surface area contributed by atoms with Crippen LogP contribution in [0.1, 0.15) is 29.2 Å². The zero-order chi connectivity index (χ0) is 19.4. The molecule has 6 heteroatoms. The van der Waals surface area contributed by atoms with Gasteiger partial charge in [0.15, 0.2) is 0 Å². The second-order valence-corrected chi connectivity index (χ2v) is 8.12. The monoisotopic (exact) mass is 378 g/mol. The molecule has 2 aliphatic heterocycles. The minimum atomic E-state index is -0.373. The molecule has 2 atom stereocenters. The maximum absolute atomic E-state index is 12.2. The molecule has 2 bridgehead atoms. The lowest BCUT2D eigenvalue weighted by molar-refractivity contribution is 0.114. The van der Waals surface area contributed by atoms with Crippen molar-refractivity contribution >= 4 is 11.0 Å². The van der Waals surface area contributed by atoms with Gasteiger partial charge in [0.1, 0.15) is 11.3 Å². The van der Waals surface area contributed by atoms with Crippen molar-refractivity contribution in [3.05, 3.63) is 74.0 Å². The van der Waals surface area contributed by atoms with Gasteiger partial charge >= 0.3 is 5.63 Å². The predicted octanol–water partition coefficient (Wildman–Crippen LogP) is 2.59. The molecule has 0 amide bonds. The molecule has 0 spiro atoms. The molecule has 1 fully saturated rings. The molecule has 5 rings (SSSR count). The molecule has 3 aromatic rings. The van der Waals surface area contributed by atoms with E-state index in [1.807, 2.05) is 10.6 Å². The summed E-state index contributed by atoms with van der Waals surface area (Å²) < 4.78 is 7.26. The van der Waals surface area contributed by atoms with E-state index in [-0.39, 0.29) is 16.9 Å². The molecule has 144 valence electrons. The number of nitrogens with zero attached hydrogens (tertiary/aromatic N) is 2. The third kappa shape index (κ3) is 2.85. The number of aromatic nitrogens is 1. The molecule has 0 unspecified atom stereocenters. The Kier molecular flexibility index (Phi) is 3.91. The topological polar surface area (TPSA) is 75.7 Å². The van der Waals surface area contributed by atoms with Gasteiger partial charge in [-0.15, -0.1) is 0 Å². The standard InChI is InChI=1S/C22H22N2O4/c1-13-5-20-17(8-19(13)25)15(7-22(27)28-20)11-23-9-14-6-16(12-23)18-3-2-4-21(26)24(18)10-14/h2-5,7-8,14,16,25H,6,9-12H2,1H3/t14-,16-/m0/s1. The fraction of sp³-hybridized carbons (Fsp3) is 0.364. The number of hydrogen-bond donors (Lipinski definition) is 1. The van der Waals surface area contributed by atoms with E-state index in [0.717, 1.165) is 42.7 Å². The maximum atomic E-state index is 12.2. The largest absolute Gasteiger partial charge is 0.508 e. The van der Waals surface area contributed by atoms with Crippen molar-refractivity contribution in [2.24, 2.45) is 5.92 Å². The number of likely N-dealkylation sites (tertiary alicyclic amines) is 1. The van der Waals surface area contributed by atoms with Crippen molar-refractivity contribution in [2.45, 2.75) is 32.4 Å². The fourth-order valence-corrected chi connectivity index (χ4v) is 4.86. The van der Waals surface area contributed by atoms with E-state index in [9.17, 15) is 14.7 Å². The maximum Gasteiger partial charge on any atom is 0.336 e. The number of rotatable bonds is 2. The second kappa shape index (κ2) is 6.34. The summed E-state index contributed by atoms with van der Waals surface area (Å²) in [4.78, 5) is 26.6. The van der Waals surface area contributed by atoms with Crippen LogP contribution in [0.15, 0.2) is 50.4 Å². The number of phenolic OH excluding ortho intramolecular Hbond substituents is 1. The quantitative estimate of drug-likeness (QED) is 0.694. The van der Waals surface area contributed by atoms with E-state index in [1.54, 1.807) is 25.1 Å². The van der Waals surface area contributed by atoms with Gasteiger partial charge < -0.3 is 14.1 Å². The van der Waals surface area contributed by atoms with Crippen LogP contribution in [0.4, 0.5) is 0 Å². The normalized spacial score (nSPS) is 21.6. The average molecular weight is 378 g/mol. The Morgan fingerprint density at radius 1 is 1.14 bits per heavy atom. The van der Waals surface area contributed by atoms with Crippen LogP contribution in [0, 0.1) is 12.8 Å². The summed E-state index contributed by atoms with van der Waals surface area (Å²) in [7, 11) is 0. The first-order valence-electron chi connectivity index (χ1n) is 9.66. The van der Waals surface area contributed by atoms with Gasteiger partial charge in [0, 0.05) is 55.3 Å². The first kappa shape index (κ1) is 17.3. The van der Waals surface area contributed by atoms with Gasteiger partial charge in [-0.2, -0.15) is 0 Å². The second-order valence-electron chi connectivity index (χ2n) is 8.12. The van der Waals surface area contributed by atoms with Crippen LogP contribution in [0.5, 0.6) is 5.75 Å². The summed E-state index contributed by atoms with van der Waals surface area (Å²) in [6.07, 6.45) is 1.09. The molecule has 4 heterocycles. The summed E-state index contributed by atoms with van der Waals surface area (Å²) in [5.74, 6) is 0.947. The molecule has 2 aliphatic rings. The lowest BCUT2D eigenvalue weighted by atomic mass is 9.83. The summed E-state index contributed by atoms with van der Waals surface area (Å²) in [5.41, 5.74) is 2.88. The molecule has 1 N–H and O–H groups in total. The van der Waals surface area contributed by atoms with Gasteiger partial charge in [-0.1, -0.05) is 6.07 Å². The number of pyridine rings is 1. The predicted molar refractivity (Wildman–Crippen MR) is 106 cm³/mol. The van der Waals surface area contributed by atoms with Crippen molar-refractivity contribution in [3.63, 3.8) is 0 Å². The third-order valence-corrected chi connectivity index (χ3v) is 6.10. The smallest absolute Gasteiger partial charge is 0.336 e. The Hall–Kier alpha value is -2.86. The van der Waals surface area contributed by atoms with Crippen molar-refractivity contribution in [3.8, 4) is 5.75 Å².